The Morgan fingerprint density at radius 2 is 1.56 bits per heavy atom. The van der Waals surface area contributed by atoms with Crippen LogP contribution < -0.4 is 5.32 Å². The fourth-order valence-corrected chi connectivity index (χ4v) is 4.29. The molecular weight excluding hydrogens is 451 g/mol. The summed E-state index contributed by atoms with van der Waals surface area (Å²) in [4.78, 5) is 39.4. The molecule has 0 saturated carbocycles. The van der Waals surface area contributed by atoms with Crippen LogP contribution in [-0.2, 0) is 4.79 Å². The molecule has 32 heavy (non-hydrogen) atoms. The number of hydrogen-bond donors (Lipinski definition) is 2. The smallest absolute Gasteiger partial charge is 0.336 e. The quantitative estimate of drug-likeness (QED) is 0.623. The zero-order valence-electron chi connectivity index (χ0n) is 18.0. The van der Waals surface area contributed by atoms with Crippen molar-refractivity contribution in [3.05, 3.63) is 69.2 Å². The van der Waals surface area contributed by atoms with E-state index in [1.54, 1.807) is 4.90 Å². The number of nitrogens with one attached hydrogen (secondary N) is 1. The van der Waals surface area contributed by atoms with Crippen molar-refractivity contribution < 1.29 is 19.5 Å². The second-order valence-corrected chi connectivity index (χ2v) is 9.21. The molecule has 1 saturated heterocycles. The number of benzene rings is 2. The zero-order valence-corrected chi connectivity index (χ0v) is 19.5. The molecule has 2 amide bonds. The van der Waals surface area contributed by atoms with Crippen molar-refractivity contribution in [1.29, 1.82) is 0 Å². The summed E-state index contributed by atoms with van der Waals surface area (Å²) in [6.07, 6.45) is 1.65. The highest BCUT2D eigenvalue weighted by molar-refractivity contribution is 6.31. The van der Waals surface area contributed by atoms with Gasteiger partial charge < -0.3 is 15.3 Å². The second-order valence-electron chi connectivity index (χ2n) is 8.34. The summed E-state index contributed by atoms with van der Waals surface area (Å²) in [5.41, 5.74) is 0.981. The molecule has 0 radical (unpaired) electrons. The molecule has 3 rings (SSSR count). The average Bonchev–Trinajstić information content (AvgIpc) is 2.77. The molecule has 1 atom stereocenters. The maximum Gasteiger partial charge on any atom is 0.336 e. The lowest BCUT2D eigenvalue weighted by Gasteiger charge is -2.35. The van der Waals surface area contributed by atoms with E-state index in [1.165, 1.54) is 23.8 Å². The topological polar surface area (TPSA) is 86.7 Å². The Hall–Kier alpha value is -2.57. The highest BCUT2D eigenvalue weighted by Gasteiger charge is 2.32. The van der Waals surface area contributed by atoms with Gasteiger partial charge >= 0.3 is 5.97 Å². The fraction of sp³-hybridized carbons (Fsp3) is 0.375. The third-order valence-electron chi connectivity index (χ3n) is 5.82. The summed E-state index contributed by atoms with van der Waals surface area (Å²) in [6.45, 7) is 4.88. The minimum Gasteiger partial charge on any atom is -0.478 e. The molecule has 1 heterocycles. The van der Waals surface area contributed by atoms with Gasteiger partial charge in [-0.15, -0.1) is 0 Å². The van der Waals surface area contributed by atoms with E-state index in [4.69, 9.17) is 23.2 Å². The number of likely N-dealkylation sites (tertiary alicyclic amines) is 1. The van der Waals surface area contributed by atoms with Crippen molar-refractivity contribution in [2.75, 3.05) is 13.1 Å². The number of piperidine rings is 1. The van der Waals surface area contributed by atoms with Crippen LogP contribution in [-0.4, -0.2) is 46.9 Å². The minimum atomic E-state index is -1.26. The molecule has 1 aliphatic rings. The molecule has 0 unspecified atom stereocenters. The van der Waals surface area contributed by atoms with E-state index in [0.29, 0.717) is 24.0 Å². The van der Waals surface area contributed by atoms with Gasteiger partial charge in [-0.3, -0.25) is 9.59 Å². The highest BCUT2D eigenvalue weighted by Crippen LogP contribution is 2.29. The molecule has 2 aromatic carbocycles. The van der Waals surface area contributed by atoms with Gasteiger partial charge in [-0.05, 0) is 60.6 Å². The van der Waals surface area contributed by atoms with Gasteiger partial charge in [-0.25, -0.2) is 4.79 Å². The summed E-state index contributed by atoms with van der Waals surface area (Å²) in [5, 5.41) is 13.1. The number of carboxylic acid groups (broad SMARTS) is 1. The van der Waals surface area contributed by atoms with Gasteiger partial charge in [0.25, 0.3) is 5.91 Å². The Labute approximate surface area is 197 Å². The van der Waals surface area contributed by atoms with Crippen LogP contribution in [0.1, 0.15) is 58.9 Å². The van der Waals surface area contributed by atoms with Crippen molar-refractivity contribution in [1.82, 2.24) is 10.2 Å². The van der Waals surface area contributed by atoms with Gasteiger partial charge in [0.05, 0.1) is 11.1 Å². The van der Waals surface area contributed by atoms with Gasteiger partial charge in [-0.2, -0.15) is 0 Å². The lowest BCUT2D eigenvalue weighted by Crippen LogP contribution is -2.53. The molecule has 0 aromatic heterocycles. The van der Waals surface area contributed by atoms with Crippen LogP contribution in [0, 0.1) is 5.92 Å². The number of rotatable bonds is 6. The van der Waals surface area contributed by atoms with Gasteiger partial charge in [0, 0.05) is 23.1 Å². The third kappa shape index (κ3) is 5.61. The Kier molecular flexibility index (Phi) is 7.80. The first kappa shape index (κ1) is 24.1. The summed E-state index contributed by atoms with van der Waals surface area (Å²) in [6, 6.07) is 11.1. The number of halogens is 2. The van der Waals surface area contributed by atoms with E-state index in [9.17, 15) is 19.5 Å². The van der Waals surface area contributed by atoms with Crippen LogP contribution in [0.15, 0.2) is 42.5 Å². The first-order valence-corrected chi connectivity index (χ1v) is 11.3. The normalized spacial score (nSPS) is 15.5. The number of carbonyl (C=O) groups is 3. The number of nitrogens with zero attached hydrogens (tertiary/aromatic N) is 1. The number of amides is 2. The Balaban J connectivity index is 1.68. The van der Waals surface area contributed by atoms with E-state index < -0.39 is 17.9 Å². The molecule has 2 N–H and O–H groups in total. The monoisotopic (exact) mass is 476 g/mol. The first-order chi connectivity index (χ1) is 15.2. The summed E-state index contributed by atoms with van der Waals surface area (Å²) < 4.78 is 0. The minimum absolute atomic E-state index is 0.0261. The van der Waals surface area contributed by atoms with Crippen LogP contribution in [0.3, 0.4) is 0 Å². The predicted octanol–water partition coefficient (Wildman–Crippen LogP) is 4.85. The van der Waals surface area contributed by atoms with Gasteiger partial charge in [0.1, 0.15) is 6.04 Å². The second kappa shape index (κ2) is 10.4. The van der Waals surface area contributed by atoms with Crippen LogP contribution in [0.5, 0.6) is 0 Å². The summed E-state index contributed by atoms with van der Waals surface area (Å²) in [7, 11) is 0. The lowest BCUT2D eigenvalue weighted by molar-refractivity contribution is -0.135. The number of aromatic carboxylic acids is 1. The van der Waals surface area contributed by atoms with E-state index >= 15 is 0 Å². The molecule has 0 spiro atoms. The molecule has 1 fully saturated rings. The van der Waals surface area contributed by atoms with Crippen molar-refractivity contribution in [3.8, 4) is 0 Å². The molecule has 1 aliphatic heterocycles. The maximum absolute atomic E-state index is 13.2. The third-order valence-corrected chi connectivity index (χ3v) is 6.31. The summed E-state index contributed by atoms with van der Waals surface area (Å²) >= 11 is 11.8. The van der Waals surface area contributed by atoms with Crippen LogP contribution in [0.2, 0.25) is 10.0 Å². The maximum atomic E-state index is 13.2. The zero-order chi connectivity index (χ0) is 23.4. The standard InChI is InChI=1S/C24H26Cl2N2O4/c1-14(2)21(27-22(29)19-8-7-18(26)13-20(19)24(31)32)23(30)28-11-9-16(10-12-28)15-3-5-17(25)6-4-15/h3-8,13-14,16,21H,9-12H2,1-2H3,(H,27,29)(H,31,32)/t21-/m1/s1. The van der Waals surface area contributed by atoms with Gasteiger partial charge in [0.2, 0.25) is 5.91 Å². The van der Waals surface area contributed by atoms with Gasteiger partial charge in [-0.1, -0.05) is 49.2 Å². The van der Waals surface area contributed by atoms with Crippen molar-refractivity contribution >= 4 is 41.0 Å². The Morgan fingerprint density at radius 1 is 0.969 bits per heavy atom. The van der Waals surface area contributed by atoms with Crippen LogP contribution >= 0.6 is 23.2 Å². The van der Waals surface area contributed by atoms with E-state index in [1.807, 2.05) is 38.1 Å². The highest BCUT2D eigenvalue weighted by atomic mass is 35.5. The average molecular weight is 477 g/mol. The largest absolute Gasteiger partial charge is 0.478 e. The molecular formula is C24H26Cl2N2O4. The molecule has 0 bridgehead atoms. The van der Waals surface area contributed by atoms with Crippen molar-refractivity contribution in [2.24, 2.45) is 5.92 Å². The lowest BCUT2D eigenvalue weighted by atomic mass is 9.89. The predicted molar refractivity (Wildman–Crippen MR) is 125 cm³/mol. The van der Waals surface area contributed by atoms with Crippen molar-refractivity contribution in [3.63, 3.8) is 0 Å². The Morgan fingerprint density at radius 3 is 2.12 bits per heavy atom. The van der Waals surface area contributed by atoms with Crippen LogP contribution in [0.25, 0.3) is 0 Å². The van der Waals surface area contributed by atoms with Crippen molar-refractivity contribution in [2.45, 2.75) is 38.6 Å². The molecule has 2 aromatic rings. The SMILES string of the molecule is CC(C)[C@@H](NC(=O)c1ccc(Cl)cc1C(=O)O)C(=O)N1CCC(c2ccc(Cl)cc2)CC1. The Bertz CT molecular complexity index is 1000. The van der Waals surface area contributed by atoms with Gasteiger partial charge in [0.15, 0.2) is 0 Å². The van der Waals surface area contributed by atoms with E-state index in [0.717, 1.165) is 12.8 Å². The first-order valence-electron chi connectivity index (χ1n) is 10.5. The fourth-order valence-electron chi connectivity index (χ4n) is 3.99. The summed E-state index contributed by atoms with van der Waals surface area (Å²) in [5.74, 6) is -1.83. The van der Waals surface area contributed by atoms with E-state index in [-0.39, 0.29) is 28.0 Å². The van der Waals surface area contributed by atoms with E-state index in [2.05, 4.69) is 5.32 Å². The number of carboxylic acids is 1. The molecule has 8 heteroatoms. The van der Waals surface area contributed by atoms with Crippen LogP contribution in [0.4, 0.5) is 0 Å². The number of carbonyl (C=O) groups excluding carboxylic acids is 2. The molecule has 170 valence electrons. The molecule has 0 aliphatic carbocycles. The number of hydrogen-bond acceptors (Lipinski definition) is 3. The molecule has 6 nitrogen and oxygen atoms in total.